The van der Waals surface area contributed by atoms with Crippen molar-refractivity contribution >= 4 is 62.5 Å². The summed E-state index contributed by atoms with van der Waals surface area (Å²) >= 11 is 16.9. The Labute approximate surface area is 172 Å². The largest absolute Gasteiger partial charge is 0.324 e. The van der Waals surface area contributed by atoms with E-state index in [1.54, 1.807) is 25.2 Å². The standard InChI is InChI=1S/C17H13BrCl2N4OS/c1-24-16(25)15(9-26-14-4-2-10(18)3-5-14)22-23-17(24)21-13-7-11(19)6-12(20)8-13/h2-8H,9H2,1H3,(H,21,23). The predicted molar refractivity (Wildman–Crippen MR) is 111 cm³/mol. The fourth-order valence-electron chi connectivity index (χ4n) is 2.14. The van der Waals surface area contributed by atoms with Gasteiger partial charge in [-0.15, -0.1) is 22.0 Å². The van der Waals surface area contributed by atoms with E-state index in [9.17, 15) is 4.79 Å². The fourth-order valence-corrected chi connectivity index (χ4v) is 3.75. The summed E-state index contributed by atoms with van der Waals surface area (Å²) in [7, 11) is 1.64. The summed E-state index contributed by atoms with van der Waals surface area (Å²) in [6.07, 6.45) is 0. The number of anilines is 2. The Balaban J connectivity index is 1.77. The molecule has 26 heavy (non-hydrogen) atoms. The summed E-state index contributed by atoms with van der Waals surface area (Å²) in [5.41, 5.74) is 0.805. The molecule has 0 saturated heterocycles. The van der Waals surface area contributed by atoms with E-state index in [0.29, 0.717) is 33.1 Å². The molecule has 3 rings (SSSR count). The molecule has 0 bridgehead atoms. The summed E-state index contributed by atoms with van der Waals surface area (Å²) < 4.78 is 2.42. The first-order valence-electron chi connectivity index (χ1n) is 7.46. The van der Waals surface area contributed by atoms with Gasteiger partial charge in [-0.2, -0.15) is 0 Å². The van der Waals surface area contributed by atoms with Crippen LogP contribution in [0.4, 0.5) is 11.6 Å². The maximum atomic E-state index is 12.5. The zero-order chi connectivity index (χ0) is 18.7. The van der Waals surface area contributed by atoms with Gasteiger partial charge < -0.3 is 5.32 Å². The minimum absolute atomic E-state index is 0.208. The van der Waals surface area contributed by atoms with Gasteiger partial charge in [0.1, 0.15) is 5.69 Å². The number of halogens is 3. The van der Waals surface area contributed by atoms with Crippen LogP contribution in [-0.4, -0.2) is 14.8 Å². The maximum Gasteiger partial charge on any atom is 0.277 e. The van der Waals surface area contributed by atoms with Crippen molar-refractivity contribution in [2.24, 2.45) is 7.05 Å². The first-order chi connectivity index (χ1) is 12.4. The Kier molecular flexibility index (Phi) is 6.24. The average Bonchev–Trinajstić information content (AvgIpc) is 2.59. The fraction of sp³-hybridized carbons (Fsp3) is 0.118. The molecule has 134 valence electrons. The molecule has 1 aromatic heterocycles. The molecule has 2 aromatic carbocycles. The van der Waals surface area contributed by atoms with Gasteiger partial charge in [0.2, 0.25) is 5.95 Å². The highest BCUT2D eigenvalue weighted by Crippen LogP contribution is 2.25. The van der Waals surface area contributed by atoms with Gasteiger partial charge in [0.15, 0.2) is 0 Å². The molecule has 0 fully saturated rings. The molecular weight excluding hydrogens is 459 g/mol. The topological polar surface area (TPSA) is 59.8 Å². The van der Waals surface area contributed by atoms with E-state index in [1.165, 1.54) is 16.3 Å². The van der Waals surface area contributed by atoms with Crippen molar-refractivity contribution < 1.29 is 0 Å². The van der Waals surface area contributed by atoms with Crippen molar-refractivity contribution in [2.75, 3.05) is 5.32 Å². The van der Waals surface area contributed by atoms with Crippen LogP contribution >= 0.6 is 50.9 Å². The van der Waals surface area contributed by atoms with Crippen LogP contribution < -0.4 is 10.9 Å². The Hall–Kier alpha value is -1.54. The van der Waals surface area contributed by atoms with E-state index >= 15 is 0 Å². The number of benzene rings is 2. The van der Waals surface area contributed by atoms with Gasteiger partial charge in [0.05, 0.1) is 0 Å². The average molecular weight is 472 g/mol. The zero-order valence-corrected chi connectivity index (χ0v) is 17.5. The lowest BCUT2D eigenvalue weighted by Gasteiger charge is -2.11. The summed E-state index contributed by atoms with van der Waals surface area (Å²) in [5, 5.41) is 12.2. The molecule has 0 saturated carbocycles. The minimum atomic E-state index is -0.208. The highest BCUT2D eigenvalue weighted by atomic mass is 79.9. The second-order valence-electron chi connectivity index (χ2n) is 5.36. The maximum absolute atomic E-state index is 12.5. The Morgan fingerprint density at radius 1 is 1.12 bits per heavy atom. The van der Waals surface area contributed by atoms with Gasteiger partial charge in [-0.1, -0.05) is 39.1 Å². The number of hydrogen-bond donors (Lipinski definition) is 1. The van der Waals surface area contributed by atoms with E-state index in [4.69, 9.17) is 23.2 Å². The zero-order valence-electron chi connectivity index (χ0n) is 13.5. The molecule has 1 heterocycles. The van der Waals surface area contributed by atoms with Crippen molar-refractivity contribution in [3.8, 4) is 0 Å². The molecular formula is C17H13BrCl2N4OS. The lowest BCUT2D eigenvalue weighted by molar-refractivity contribution is 0.764. The van der Waals surface area contributed by atoms with E-state index in [-0.39, 0.29) is 5.56 Å². The molecule has 3 aromatic rings. The smallest absolute Gasteiger partial charge is 0.277 e. The number of nitrogens with zero attached hydrogens (tertiary/aromatic N) is 3. The van der Waals surface area contributed by atoms with Crippen molar-refractivity contribution in [3.63, 3.8) is 0 Å². The third kappa shape index (κ3) is 4.79. The first-order valence-corrected chi connectivity index (χ1v) is 10.00. The van der Waals surface area contributed by atoms with Crippen LogP contribution in [0.3, 0.4) is 0 Å². The summed E-state index contributed by atoms with van der Waals surface area (Å²) in [4.78, 5) is 13.6. The molecule has 9 heteroatoms. The minimum Gasteiger partial charge on any atom is -0.324 e. The predicted octanol–water partition coefficient (Wildman–Crippen LogP) is 5.28. The summed E-state index contributed by atoms with van der Waals surface area (Å²) in [6, 6.07) is 12.9. The second kappa shape index (κ2) is 8.43. The lowest BCUT2D eigenvalue weighted by atomic mass is 10.3. The highest BCUT2D eigenvalue weighted by molar-refractivity contribution is 9.10. The first kappa shape index (κ1) is 19.2. The van der Waals surface area contributed by atoms with Crippen LogP contribution in [0.5, 0.6) is 0 Å². The molecule has 0 amide bonds. The van der Waals surface area contributed by atoms with Crippen LogP contribution in [0.15, 0.2) is 56.6 Å². The van der Waals surface area contributed by atoms with Crippen LogP contribution in [0.25, 0.3) is 0 Å². The molecule has 0 aliphatic carbocycles. The van der Waals surface area contributed by atoms with Gasteiger partial charge in [0.25, 0.3) is 5.56 Å². The molecule has 0 atom stereocenters. The molecule has 1 N–H and O–H groups in total. The monoisotopic (exact) mass is 470 g/mol. The number of hydrogen-bond acceptors (Lipinski definition) is 5. The van der Waals surface area contributed by atoms with Gasteiger partial charge >= 0.3 is 0 Å². The summed E-state index contributed by atoms with van der Waals surface area (Å²) in [6.45, 7) is 0. The highest BCUT2D eigenvalue weighted by Gasteiger charge is 2.11. The third-order valence-corrected chi connectivity index (χ3v) is 5.43. The van der Waals surface area contributed by atoms with Gasteiger partial charge in [0, 0.05) is 37.9 Å². The van der Waals surface area contributed by atoms with Crippen molar-refractivity contribution in [1.29, 1.82) is 0 Å². The Morgan fingerprint density at radius 2 is 1.77 bits per heavy atom. The molecule has 0 aliphatic heterocycles. The second-order valence-corrected chi connectivity index (χ2v) is 8.20. The summed E-state index contributed by atoms with van der Waals surface area (Å²) in [5.74, 6) is 0.746. The van der Waals surface area contributed by atoms with Crippen LogP contribution in [-0.2, 0) is 12.8 Å². The van der Waals surface area contributed by atoms with Crippen molar-refractivity contribution in [1.82, 2.24) is 14.8 Å². The van der Waals surface area contributed by atoms with Crippen LogP contribution in [0.2, 0.25) is 10.0 Å². The van der Waals surface area contributed by atoms with Gasteiger partial charge in [-0.3, -0.25) is 9.36 Å². The molecule has 0 spiro atoms. The third-order valence-electron chi connectivity index (χ3n) is 3.44. The lowest BCUT2D eigenvalue weighted by Crippen LogP contribution is -2.26. The molecule has 5 nitrogen and oxygen atoms in total. The van der Waals surface area contributed by atoms with Crippen molar-refractivity contribution in [3.05, 3.63) is 73.0 Å². The Bertz CT molecular complexity index is 975. The Morgan fingerprint density at radius 3 is 2.42 bits per heavy atom. The van der Waals surface area contributed by atoms with E-state index in [0.717, 1.165) is 9.37 Å². The van der Waals surface area contributed by atoms with Crippen molar-refractivity contribution in [2.45, 2.75) is 10.6 Å². The quantitative estimate of drug-likeness (QED) is 0.513. The molecule has 0 unspecified atom stereocenters. The van der Waals surface area contributed by atoms with Crippen LogP contribution in [0.1, 0.15) is 5.69 Å². The molecule has 0 aliphatic rings. The normalized spacial score (nSPS) is 10.8. The number of thioether (sulfide) groups is 1. The van der Waals surface area contributed by atoms with Crippen LogP contribution in [0, 0.1) is 0 Å². The number of rotatable bonds is 5. The van der Waals surface area contributed by atoms with E-state index in [2.05, 4.69) is 31.4 Å². The number of aromatic nitrogens is 3. The van der Waals surface area contributed by atoms with Gasteiger partial charge in [-0.25, -0.2) is 0 Å². The molecule has 0 radical (unpaired) electrons. The van der Waals surface area contributed by atoms with Gasteiger partial charge in [-0.05, 0) is 42.5 Å². The SMILES string of the molecule is Cn1c(Nc2cc(Cl)cc(Cl)c2)nnc(CSc2ccc(Br)cc2)c1=O. The number of nitrogens with one attached hydrogen (secondary N) is 1. The van der Waals surface area contributed by atoms with E-state index in [1.807, 2.05) is 24.3 Å². The van der Waals surface area contributed by atoms with E-state index < -0.39 is 0 Å².